The van der Waals surface area contributed by atoms with Crippen LogP contribution in [-0.2, 0) is 4.79 Å². The minimum absolute atomic E-state index is 0.0606. The summed E-state index contributed by atoms with van der Waals surface area (Å²) in [7, 11) is 0. The zero-order chi connectivity index (χ0) is 13.0. The first-order valence-corrected chi connectivity index (χ1v) is 6.15. The van der Waals surface area contributed by atoms with Gasteiger partial charge >= 0.3 is 0 Å². The van der Waals surface area contributed by atoms with Gasteiger partial charge in [0.2, 0.25) is 0 Å². The maximum atomic E-state index is 11.8. The van der Waals surface area contributed by atoms with Gasteiger partial charge < -0.3 is 0 Å². The molecule has 1 aromatic rings. The molecule has 1 aromatic carbocycles. The summed E-state index contributed by atoms with van der Waals surface area (Å²) in [5.41, 5.74) is 1.59. The summed E-state index contributed by atoms with van der Waals surface area (Å²) >= 11 is 0. The number of nitro groups is 1. The number of carbonyl (C=O) groups is 1. The molecule has 1 aliphatic carbocycles. The standard InChI is InChI=1S/C14H15NO3/c16-14-8-3-1-2-6-12(14)9-11-5-4-7-13(10-11)15(17)18/h4-5,7,9-10H,1-3,6,8H2/b12-9-. The van der Waals surface area contributed by atoms with Crippen molar-refractivity contribution in [3.05, 3.63) is 45.5 Å². The van der Waals surface area contributed by atoms with Crippen LogP contribution in [0.5, 0.6) is 0 Å². The summed E-state index contributed by atoms with van der Waals surface area (Å²) in [6, 6.07) is 6.39. The Labute approximate surface area is 105 Å². The lowest BCUT2D eigenvalue weighted by molar-refractivity contribution is -0.384. The molecule has 4 nitrogen and oxygen atoms in total. The molecule has 1 fully saturated rings. The highest BCUT2D eigenvalue weighted by Crippen LogP contribution is 2.23. The van der Waals surface area contributed by atoms with Crippen LogP contribution in [0.4, 0.5) is 5.69 Å². The molecule has 0 spiro atoms. The SMILES string of the molecule is O=C1CCCCC/C1=C/c1cccc([N+](=O)[O-])c1. The molecule has 0 saturated heterocycles. The van der Waals surface area contributed by atoms with E-state index in [2.05, 4.69) is 0 Å². The van der Waals surface area contributed by atoms with Gasteiger partial charge in [0.05, 0.1) is 4.92 Å². The number of Topliss-reactive ketones (excluding diaryl/α,β-unsaturated/α-hetero) is 1. The van der Waals surface area contributed by atoms with Crippen LogP contribution in [0.3, 0.4) is 0 Å². The topological polar surface area (TPSA) is 60.2 Å². The molecule has 4 heteroatoms. The molecule has 0 unspecified atom stereocenters. The van der Waals surface area contributed by atoms with Crippen LogP contribution in [0.15, 0.2) is 29.8 Å². The van der Waals surface area contributed by atoms with Gasteiger partial charge in [0.15, 0.2) is 5.78 Å². The van der Waals surface area contributed by atoms with Crippen molar-refractivity contribution in [2.75, 3.05) is 0 Å². The fourth-order valence-corrected chi connectivity index (χ4v) is 2.16. The third kappa shape index (κ3) is 3.03. The highest BCUT2D eigenvalue weighted by molar-refractivity contribution is 5.99. The summed E-state index contributed by atoms with van der Waals surface area (Å²) in [6.07, 6.45) is 6.22. The quantitative estimate of drug-likeness (QED) is 0.346. The van der Waals surface area contributed by atoms with Crippen LogP contribution in [-0.4, -0.2) is 10.7 Å². The minimum atomic E-state index is -0.420. The lowest BCUT2D eigenvalue weighted by atomic mass is 10.0. The van der Waals surface area contributed by atoms with E-state index >= 15 is 0 Å². The van der Waals surface area contributed by atoms with E-state index in [1.54, 1.807) is 18.2 Å². The Morgan fingerprint density at radius 1 is 1.17 bits per heavy atom. The predicted molar refractivity (Wildman–Crippen MR) is 69.2 cm³/mol. The number of benzene rings is 1. The summed E-state index contributed by atoms with van der Waals surface area (Å²) in [6.45, 7) is 0. The van der Waals surface area contributed by atoms with E-state index in [4.69, 9.17) is 0 Å². The van der Waals surface area contributed by atoms with Gasteiger partial charge in [-0.1, -0.05) is 18.6 Å². The molecule has 0 atom stereocenters. The van der Waals surface area contributed by atoms with Crippen LogP contribution in [0.2, 0.25) is 0 Å². The van der Waals surface area contributed by atoms with E-state index in [0.29, 0.717) is 6.42 Å². The summed E-state index contributed by atoms with van der Waals surface area (Å²) in [4.78, 5) is 22.1. The van der Waals surface area contributed by atoms with Gasteiger partial charge in [-0.15, -0.1) is 0 Å². The number of nitro benzene ring substituents is 1. The number of nitrogens with zero attached hydrogens (tertiary/aromatic N) is 1. The van der Waals surface area contributed by atoms with Gasteiger partial charge in [-0.05, 0) is 36.5 Å². The molecule has 0 heterocycles. The number of hydrogen-bond acceptors (Lipinski definition) is 3. The van der Waals surface area contributed by atoms with E-state index in [0.717, 1.165) is 36.8 Å². The van der Waals surface area contributed by atoms with Gasteiger partial charge in [0.25, 0.3) is 5.69 Å². The smallest absolute Gasteiger partial charge is 0.270 e. The van der Waals surface area contributed by atoms with Gasteiger partial charge in [-0.2, -0.15) is 0 Å². The first-order valence-electron chi connectivity index (χ1n) is 6.15. The highest BCUT2D eigenvalue weighted by Gasteiger charge is 2.13. The van der Waals surface area contributed by atoms with Crippen molar-refractivity contribution in [1.29, 1.82) is 0 Å². The number of non-ortho nitro benzene ring substituents is 1. The molecule has 0 radical (unpaired) electrons. The fourth-order valence-electron chi connectivity index (χ4n) is 2.16. The molecule has 0 aliphatic heterocycles. The van der Waals surface area contributed by atoms with Crippen LogP contribution in [0.1, 0.15) is 37.7 Å². The van der Waals surface area contributed by atoms with Crippen LogP contribution in [0, 0.1) is 10.1 Å². The van der Waals surface area contributed by atoms with Crippen molar-refractivity contribution < 1.29 is 9.72 Å². The second kappa shape index (κ2) is 5.58. The zero-order valence-electron chi connectivity index (χ0n) is 10.1. The third-order valence-corrected chi connectivity index (χ3v) is 3.13. The predicted octanol–water partition coefficient (Wildman–Crippen LogP) is 3.51. The number of hydrogen-bond donors (Lipinski definition) is 0. The van der Waals surface area contributed by atoms with Crippen LogP contribution in [0.25, 0.3) is 6.08 Å². The van der Waals surface area contributed by atoms with Crippen molar-refractivity contribution in [3.63, 3.8) is 0 Å². The number of allylic oxidation sites excluding steroid dienone is 1. The second-order valence-corrected chi connectivity index (χ2v) is 4.51. The zero-order valence-corrected chi connectivity index (χ0v) is 10.1. The Bertz CT molecular complexity index is 506. The van der Waals surface area contributed by atoms with Crippen molar-refractivity contribution in [1.82, 2.24) is 0 Å². The average molecular weight is 245 g/mol. The van der Waals surface area contributed by atoms with E-state index < -0.39 is 4.92 Å². The summed E-state index contributed by atoms with van der Waals surface area (Å²) in [5.74, 6) is 0.180. The third-order valence-electron chi connectivity index (χ3n) is 3.13. The van der Waals surface area contributed by atoms with E-state index in [-0.39, 0.29) is 11.5 Å². The Balaban J connectivity index is 2.28. The summed E-state index contributed by atoms with van der Waals surface area (Å²) in [5, 5.41) is 10.7. The number of ketones is 1. The van der Waals surface area contributed by atoms with Crippen molar-refractivity contribution >= 4 is 17.5 Å². The Hall–Kier alpha value is -1.97. The first-order chi connectivity index (χ1) is 8.66. The molecule has 2 rings (SSSR count). The second-order valence-electron chi connectivity index (χ2n) is 4.51. The Morgan fingerprint density at radius 2 is 1.94 bits per heavy atom. The van der Waals surface area contributed by atoms with Gasteiger partial charge in [0.1, 0.15) is 0 Å². The maximum Gasteiger partial charge on any atom is 0.270 e. The van der Waals surface area contributed by atoms with Gasteiger partial charge in [-0.3, -0.25) is 14.9 Å². The van der Waals surface area contributed by atoms with Gasteiger partial charge in [-0.25, -0.2) is 0 Å². The normalized spacial score (nSPS) is 18.7. The van der Waals surface area contributed by atoms with E-state index in [1.165, 1.54) is 12.1 Å². The summed E-state index contributed by atoms with van der Waals surface area (Å²) < 4.78 is 0. The highest BCUT2D eigenvalue weighted by atomic mass is 16.6. The molecule has 94 valence electrons. The molecule has 0 bridgehead atoms. The molecule has 0 N–H and O–H groups in total. The van der Waals surface area contributed by atoms with Crippen molar-refractivity contribution in [3.8, 4) is 0 Å². The monoisotopic (exact) mass is 245 g/mol. The maximum absolute atomic E-state index is 11.8. The number of carbonyl (C=O) groups excluding carboxylic acids is 1. The van der Waals surface area contributed by atoms with Crippen LogP contribution < -0.4 is 0 Å². The molecule has 1 aliphatic rings. The molecule has 0 amide bonds. The molecular formula is C14H15NO3. The first kappa shape index (κ1) is 12.5. The molecular weight excluding hydrogens is 230 g/mol. The lowest BCUT2D eigenvalue weighted by Crippen LogP contribution is -1.99. The van der Waals surface area contributed by atoms with E-state index in [1.807, 2.05) is 0 Å². The fraction of sp³-hybridized carbons (Fsp3) is 0.357. The van der Waals surface area contributed by atoms with Gasteiger partial charge in [0, 0.05) is 18.6 Å². The van der Waals surface area contributed by atoms with E-state index in [9.17, 15) is 14.9 Å². The van der Waals surface area contributed by atoms with Crippen LogP contribution >= 0.6 is 0 Å². The Kier molecular flexibility index (Phi) is 3.87. The van der Waals surface area contributed by atoms with Crippen molar-refractivity contribution in [2.45, 2.75) is 32.1 Å². The van der Waals surface area contributed by atoms with Crippen molar-refractivity contribution in [2.24, 2.45) is 0 Å². The minimum Gasteiger partial charge on any atom is -0.295 e. The number of rotatable bonds is 2. The lowest BCUT2D eigenvalue weighted by Gasteiger charge is -2.01. The molecule has 0 aromatic heterocycles. The largest absolute Gasteiger partial charge is 0.295 e. The molecule has 1 saturated carbocycles. The molecule has 18 heavy (non-hydrogen) atoms. The Morgan fingerprint density at radius 3 is 2.72 bits per heavy atom. The average Bonchev–Trinajstić information content (AvgIpc) is 2.55.